The Labute approximate surface area is 92.6 Å². The molecule has 76 valence electrons. The van der Waals surface area contributed by atoms with Crippen LogP contribution in [0.1, 0.15) is 6.42 Å². The molecule has 0 aromatic carbocycles. The number of nitrogens with one attached hydrogen (secondary N) is 1. The summed E-state index contributed by atoms with van der Waals surface area (Å²) in [7, 11) is 2.15. The molecule has 14 heavy (non-hydrogen) atoms. The van der Waals surface area contributed by atoms with E-state index in [1.807, 2.05) is 18.3 Å². The summed E-state index contributed by atoms with van der Waals surface area (Å²) in [5, 5.41) is 3.42. The molecule has 3 nitrogen and oxygen atoms in total. The highest BCUT2D eigenvalue weighted by Crippen LogP contribution is 2.14. The molecule has 0 bridgehead atoms. The van der Waals surface area contributed by atoms with Gasteiger partial charge in [-0.1, -0.05) is 0 Å². The van der Waals surface area contributed by atoms with Crippen LogP contribution in [-0.2, 0) is 0 Å². The molecule has 1 aliphatic rings. The first-order chi connectivity index (χ1) is 6.74. The van der Waals surface area contributed by atoms with E-state index in [9.17, 15) is 0 Å². The number of anilines is 1. The van der Waals surface area contributed by atoms with Crippen molar-refractivity contribution in [3.63, 3.8) is 0 Å². The first-order valence-corrected chi connectivity index (χ1v) is 5.60. The Morgan fingerprint density at radius 2 is 2.43 bits per heavy atom. The van der Waals surface area contributed by atoms with E-state index < -0.39 is 0 Å². The van der Waals surface area contributed by atoms with E-state index in [0.717, 1.165) is 16.8 Å². The fourth-order valence-electron chi connectivity index (χ4n) is 1.72. The van der Waals surface area contributed by atoms with Gasteiger partial charge in [-0.3, -0.25) is 0 Å². The number of aromatic nitrogens is 1. The molecule has 0 amide bonds. The molecule has 1 aliphatic heterocycles. The molecule has 2 rings (SSSR count). The average Bonchev–Trinajstić information content (AvgIpc) is 2.56. The quantitative estimate of drug-likeness (QED) is 0.876. The lowest BCUT2D eigenvalue weighted by Crippen LogP contribution is -2.23. The number of halogens is 1. The van der Waals surface area contributed by atoms with Gasteiger partial charge in [-0.25, -0.2) is 4.98 Å². The Kier molecular flexibility index (Phi) is 3.03. The molecule has 0 spiro atoms. The van der Waals surface area contributed by atoms with E-state index in [-0.39, 0.29) is 0 Å². The van der Waals surface area contributed by atoms with Crippen molar-refractivity contribution in [3.8, 4) is 0 Å². The van der Waals surface area contributed by atoms with E-state index in [2.05, 4.69) is 38.2 Å². The normalized spacial score (nSPS) is 22.6. The van der Waals surface area contributed by atoms with Crippen molar-refractivity contribution in [2.45, 2.75) is 12.5 Å². The van der Waals surface area contributed by atoms with Crippen molar-refractivity contribution in [1.82, 2.24) is 9.88 Å². The second kappa shape index (κ2) is 4.28. The maximum Gasteiger partial charge on any atom is 0.126 e. The fraction of sp³-hybridized carbons (Fsp3) is 0.500. The summed E-state index contributed by atoms with van der Waals surface area (Å²) in [5.74, 6) is 0.966. The van der Waals surface area contributed by atoms with Gasteiger partial charge in [0.25, 0.3) is 0 Å². The van der Waals surface area contributed by atoms with Gasteiger partial charge in [0.15, 0.2) is 0 Å². The van der Waals surface area contributed by atoms with Gasteiger partial charge < -0.3 is 10.2 Å². The number of likely N-dealkylation sites (tertiary alicyclic amines) is 1. The molecule has 1 unspecified atom stereocenters. The first-order valence-electron chi connectivity index (χ1n) is 4.80. The predicted molar refractivity (Wildman–Crippen MR) is 61.5 cm³/mol. The maximum absolute atomic E-state index is 4.29. The molecule has 1 atom stereocenters. The topological polar surface area (TPSA) is 28.2 Å². The molecular formula is C10H14BrN3. The number of hydrogen-bond donors (Lipinski definition) is 1. The fourth-order valence-corrected chi connectivity index (χ4v) is 1.96. The predicted octanol–water partition coefficient (Wildman–Crippen LogP) is 1.96. The molecule has 1 N–H and O–H groups in total. The summed E-state index contributed by atoms with van der Waals surface area (Å²) in [6.45, 7) is 2.28. The zero-order valence-electron chi connectivity index (χ0n) is 8.20. The smallest absolute Gasteiger partial charge is 0.126 e. The maximum atomic E-state index is 4.29. The highest BCUT2D eigenvalue weighted by Gasteiger charge is 2.18. The summed E-state index contributed by atoms with van der Waals surface area (Å²) in [6.07, 6.45) is 3.02. The lowest BCUT2D eigenvalue weighted by atomic mass is 10.2. The minimum absolute atomic E-state index is 0.550. The Bertz CT molecular complexity index is 299. The first kappa shape index (κ1) is 9.93. The number of hydrogen-bond acceptors (Lipinski definition) is 3. The SMILES string of the molecule is CN1CCC(Nc2ccc(Br)cn2)C1. The van der Waals surface area contributed by atoms with Gasteiger partial charge in [-0.05, 0) is 48.1 Å². The van der Waals surface area contributed by atoms with Crippen molar-refractivity contribution in [3.05, 3.63) is 22.8 Å². The van der Waals surface area contributed by atoms with Crippen LogP contribution in [-0.4, -0.2) is 36.1 Å². The summed E-state index contributed by atoms with van der Waals surface area (Å²) < 4.78 is 1.02. The van der Waals surface area contributed by atoms with Crippen LogP contribution in [0, 0.1) is 0 Å². The zero-order valence-corrected chi connectivity index (χ0v) is 9.79. The molecular weight excluding hydrogens is 242 g/mol. The van der Waals surface area contributed by atoms with E-state index in [1.54, 1.807) is 0 Å². The number of pyridine rings is 1. The van der Waals surface area contributed by atoms with E-state index >= 15 is 0 Å². The highest BCUT2D eigenvalue weighted by molar-refractivity contribution is 9.10. The van der Waals surface area contributed by atoms with Crippen LogP contribution in [0.15, 0.2) is 22.8 Å². The monoisotopic (exact) mass is 255 g/mol. The average molecular weight is 256 g/mol. The Morgan fingerprint density at radius 3 is 3.00 bits per heavy atom. The van der Waals surface area contributed by atoms with Crippen molar-refractivity contribution in [2.75, 3.05) is 25.5 Å². The van der Waals surface area contributed by atoms with Crippen LogP contribution in [0.4, 0.5) is 5.82 Å². The highest BCUT2D eigenvalue weighted by atomic mass is 79.9. The zero-order chi connectivity index (χ0) is 9.97. The van der Waals surface area contributed by atoms with Gasteiger partial charge in [0.1, 0.15) is 5.82 Å². The molecule has 2 heterocycles. The largest absolute Gasteiger partial charge is 0.366 e. The van der Waals surface area contributed by atoms with Gasteiger partial charge >= 0.3 is 0 Å². The third-order valence-corrected chi connectivity index (χ3v) is 2.94. The number of rotatable bonds is 2. The number of nitrogens with zero attached hydrogens (tertiary/aromatic N) is 2. The summed E-state index contributed by atoms with van der Waals surface area (Å²) in [5.41, 5.74) is 0. The van der Waals surface area contributed by atoms with Crippen LogP contribution in [0.3, 0.4) is 0 Å². The third kappa shape index (κ3) is 2.45. The van der Waals surface area contributed by atoms with Crippen LogP contribution >= 0.6 is 15.9 Å². The molecule has 0 aliphatic carbocycles. The van der Waals surface area contributed by atoms with Gasteiger partial charge in [0, 0.05) is 23.3 Å². The summed E-state index contributed by atoms with van der Waals surface area (Å²) in [4.78, 5) is 6.62. The third-order valence-electron chi connectivity index (χ3n) is 2.47. The number of likely N-dealkylation sites (N-methyl/N-ethyl adjacent to an activating group) is 1. The van der Waals surface area contributed by atoms with Gasteiger partial charge in [-0.2, -0.15) is 0 Å². The molecule has 1 aromatic rings. The van der Waals surface area contributed by atoms with E-state index in [1.165, 1.54) is 13.0 Å². The van der Waals surface area contributed by atoms with Crippen LogP contribution in [0.25, 0.3) is 0 Å². The van der Waals surface area contributed by atoms with Crippen molar-refractivity contribution in [1.29, 1.82) is 0 Å². The summed E-state index contributed by atoms with van der Waals surface area (Å²) >= 11 is 3.37. The van der Waals surface area contributed by atoms with Gasteiger partial charge in [-0.15, -0.1) is 0 Å². The molecule has 0 saturated carbocycles. The van der Waals surface area contributed by atoms with E-state index in [4.69, 9.17) is 0 Å². The summed E-state index contributed by atoms with van der Waals surface area (Å²) in [6, 6.07) is 4.56. The lowest BCUT2D eigenvalue weighted by molar-refractivity contribution is 0.414. The molecule has 1 fully saturated rings. The Morgan fingerprint density at radius 1 is 1.57 bits per heavy atom. The standard InChI is InChI=1S/C10H14BrN3/c1-14-5-4-9(7-14)13-10-3-2-8(11)6-12-10/h2-3,6,9H,4-5,7H2,1H3,(H,12,13). The molecule has 4 heteroatoms. The van der Waals surface area contributed by atoms with Crippen molar-refractivity contribution < 1.29 is 0 Å². The Balaban J connectivity index is 1.94. The van der Waals surface area contributed by atoms with Gasteiger partial charge in [0.05, 0.1) is 0 Å². The minimum atomic E-state index is 0.550. The molecule has 1 saturated heterocycles. The van der Waals surface area contributed by atoms with Crippen molar-refractivity contribution in [2.24, 2.45) is 0 Å². The van der Waals surface area contributed by atoms with Crippen LogP contribution in [0.2, 0.25) is 0 Å². The lowest BCUT2D eigenvalue weighted by Gasteiger charge is -2.13. The van der Waals surface area contributed by atoms with Crippen LogP contribution in [0.5, 0.6) is 0 Å². The van der Waals surface area contributed by atoms with Crippen molar-refractivity contribution >= 4 is 21.7 Å². The molecule has 1 aromatic heterocycles. The Hall–Kier alpha value is -0.610. The molecule has 0 radical (unpaired) electrons. The second-order valence-electron chi connectivity index (χ2n) is 3.75. The van der Waals surface area contributed by atoms with Gasteiger partial charge in [0.2, 0.25) is 0 Å². The van der Waals surface area contributed by atoms with E-state index in [0.29, 0.717) is 6.04 Å². The van der Waals surface area contributed by atoms with Crippen LogP contribution < -0.4 is 5.32 Å². The second-order valence-corrected chi connectivity index (χ2v) is 4.67. The minimum Gasteiger partial charge on any atom is -0.366 e.